The molecule has 1 rings (SSSR count). The van der Waals surface area contributed by atoms with Gasteiger partial charge in [0.25, 0.3) is 0 Å². The smallest absolute Gasteiger partial charge is 0.387 e. The third kappa shape index (κ3) is 5.18. The third-order valence-corrected chi connectivity index (χ3v) is 2.88. The molecule has 21 heavy (non-hydrogen) atoms. The van der Waals surface area contributed by atoms with Crippen molar-refractivity contribution in [1.29, 1.82) is 0 Å². The Balaban J connectivity index is 3.01. The fourth-order valence-electron chi connectivity index (χ4n) is 1.86. The van der Waals surface area contributed by atoms with Gasteiger partial charge in [-0.25, -0.2) is 0 Å². The topological polar surface area (TPSA) is 70.8 Å². The zero-order valence-corrected chi connectivity index (χ0v) is 12.0. The number of alkyl halides is 2. The van der Waals surface area contributed by atoms with E-state index in [-0.39, 0.29) is 30.4 Å². The van der Waals surface area contributed by atoms with Gasteiger partial charge in [0.1, 0.15) is 0 Å². The molecule has 0 aromatic heterocycles. The summed E-state index contributed by atoms with van der Waals surface area (Å²) in [6.07, 6.45) is 0.105. The van der Waals surface area contributed by atoms with Crippen molar-refractivity contribution in [3.05, 3.63) is 23.8 Å². The Bertz CT molecular complexity index is 468. The van der Waals surface area contributed by atoms with E-state index in [4.69, 9.17) is 10.5 Å². The van der Waals surface area contributed by atoms with Gasteiger partial charge >= 0.3 is 12.6 Å². The number of benzene rings is 1. The summed E-state index contributed by atoms with van der Waals surface area (Å²) in [6.45, 7) is -0.688. The van der Waals surface area contributed by atoms with Crippen molar-refractivity contribution in [3.63, 3.8) is 0 Å². The van der Waals surface area contributed by atoms with Crippen LogP contribution in [0.15, 0.2) is 18.2 Å². The van der Waals surface area contributed by atoms with Crippen molar-refractivity contribution in [1.82, 2.24) is 0 Å². The fraction of sp³-hybridized carbons (Fsp3) is 0.500. The van der Waals surface area contributed by atoms with Crippen molar-refractivity contribution in [2.75, 3.05) is 20.3 Å². The molecule has 7 heteroatoms. The maximum absolute atomic E-state index is 12.3. The lowest BCUT2D eigenvalue weighted by Gasteiger charge is -2.17. The Kier molecular flexibility index (Phi) is 6.87. The molecule has 0 bridgehead atoms. The number of rotatable bonds is 8. The average molecular weight is 303 g/mol. The average Bonchev–Trinajstić information content (AvgIpc) is 2.46. The Morgan fingerprint density at radius 2 is 2.05 bits per heavy atom. The van der Waals surface area contributed by atoms with E-state index in [0.717, 1.165) is 0 Å². The standard InChI is InChI=1S/C14H19F2NO4/c1-3-20-12-6-9(4-5-11(12)21-14(15)16)10(8-17)7-13(18)19-2/h4-6,10,14H,3,7-8,17H2,1-2H3. The van der Waals surface area contributed by atoms with Crippen molar-refractivity contribution in [2.24, 2.45) is 5.73 Å². The summed E-state index contributed by atoms with van der Waals surface area (Å²) in [7, 11) is 1.29. The van der Waals surface area contributed by atoms with Crippen molar-refractivity contribution in [3.8, 4) is 11.5 Å². The first-order valence-corrected chi connectivity index (χ1v) is 6.50. The van der Waals surface area contributed by atoms with E-state index in [1.807, 2.05) is 0 Å². The Labute approximate surface area is 122 Å². The lowest BCUT2D eigenvalue weighted by Crippen LogP contribution is -2.17. The molecular weight excluding hydrogens is 284 g/mol. The highest BCUT2D eigenvalue weighted by atomic mass is 19.3. The number of nitrogens with two attached hydrogens (primary N) is 1. The van der Waals surface area contributed by atoms with Crippen LogP contribution in [-0.4, -0.2) is 32.8 Å². The lowest BCUT2D eigenvalue weighted by atomic mass is 9.95. The minimum atomic E-state index is -2.93. The second-order valence-corrected chi connectivity index (χ2v) is 4.23. The number of methoxy groups -OCH3 is 1. The lowest BCUT2D eigenvalue weighted by molar-refractivity contribution is -0.141. The van der Waals surface area contributed by atoms with Crippen LogP contribution in [0, 0.1) is 0 Å². The van der Waals surface area contributed by atoms with Gasteiger partial charge in [-0.1, -0.05) is 6.07 Å². The van der Waals surface area contributed by atoms with Gasteiger partial charge in [-0.05, 0) is 31.2 Å². The van der Waals surface area contributed by atoms with Crippen LogP contribution >= 0.6 is 0 Å². The van der Waals surface area contributed by atoms with Crippen LogP contribution in [0.25, 0.3) is 0 Å². The summed E-state index contributed by atoms with van der Waals surface area (Å²) < 4.78 is 38.9. The summed E-state index contributed by atoms with van der Waals surface area (Å²) in [5, 5.41) is 0. The second kappa shape index (κ2) is 8.41. The molecule has 5 nitrogen and oxygen atoms in total. The summed E-state index contributed by atoms with van der Waals surface area (Å²) >= 11 is 0. The fourth-order valence-corrected chi connectivity index (χ4v) is 1.86. The number of hydrogen-bond donors (Lipinski definition) is 1. The zero-order valence-electron chi connectivity index (χ0n) is 12.0. The zero-order chi connectivity index (χ0) is 15.8. The predicted octanol–water partition coefficient (Wildman–Crippen LogP) is 2.29. The van der Waals surface area contributed by atoms with Gasteiger partial charge in [-0.15, -0.1) is 0 Å². The largest absolute Gasteiger partial charge is 0.490 e. The van der Waals surface area contributed by atoms with Crippen LogP contribution in [0.5, 0.6) is 11.5 Å². The highest BCUT2D eigenvalue weighted by molar-refractivity contribution is 5.70. The molecule has 0 aliphatic rings. The minimum Gasteiger partial charge on any atom is -0.490 e. The second-order valence-electron chi connectivity index (χ2n) is 4.23. The van der Waals surface area contributed by atoms with E-state index < -0.39 is 12.6 Å². The molecule has 1 aromatic rings. The number of ether oxygens (including phenoxy) is 3. The van der Waals surface area contributed by atoms with Crippen LogP contribution < -0.4 is 15.2 Å². The number of carbonyl (C=O) groups excluding carboxylic acids is 1. The van der Waals surface area contributed by atoms with Crippen LogP contribution in [-0.2, 0) is 9.53 Å². The quantitative estimate of drug-likeness (QED) is 0.746. The molecule has 1 aromatic carbocycles. The molecular formula is C14H19F2NO4. The number of esters is 1. The molecule has 0 saturated heterocycles. The molecule has 0 spiro atoms. The molecule has 0 saturated carbocycles. The Morgan fingerprint density at radius 1 is 1.33 bits per heavy atom. The summed E-state index contributed by atoms with van der Waals surface area (Å²) in [5.41, 5.74) is 6.35. The van der Waals surface area contributed by atoms with Crippen LogP contribution in [0.4, 0.5) is 8.78 Å². The maximum Gasteiger partial charge on any atom is 0.387 e. The minimum absolute atomic E-state index is 0.0514. The van der Waals surface area contributed by atoms with E-state index in [0.29, 0.717) is 12.2 Å². The highest BCUT2D eigenvalue weighted by Crippen LogP contribution is 2.33. The first-order chi connectivity index (χ1) is 10.0. The van der Waals surface area contributed by atoms with Crippen molar-refractivity contribution < 1.29 is 27.8 Å². The van der Waals surface area contributed by atoms with Crippen LogP contribution in [0.3, 0.4) is 0 Å². The predicted molar refractivity (Wildman–Crippen MR) is 72.7 cm³/mol. The molecule has 1 unspecified atom stereocenters. The van der Waals surface area contributed by atoms with Crippen molar-refractivity contribution in [2.45, 2.75) is 25.9 Å². The molecule has 118 valence electrons. The van der Waals surface area contributed by atoms with E-state index in [1.165, 1.54) is 13.2 Å². The Morgan fingerprint density at radius 3 is 2.57 bits per heavy atom. The Hall–Kier alpha value is -1.89. The normalized spacial score (nSPS) is 12.1. The third-order valence-electron chi connectivity index (χ3n) is 2.88. The van der Waals surface area contributed by atoms with Crippen LogP contribution in [0.2, 0.25) is 0 Å². The van der Waals surface area contributed by atoms with E-state index >= 15 is 0 Å². The van der Waals surface area contributed by atoms with Gasteiger partial charge < -0.3 is 19.9 Å². The number of halogens is 2. The van der Waals surface area contributed by atoms with Gasteiger partial charge in [-0.3, -0.25) is 4.79 Å². The van der Waals surface area contributed by atoms with E-state index in [1.54, 1.807) is 19.1 Å². The monoisotopic (exact) mass is 303 g/mol. The number of carbonyl (C=O) groups is 1. The molecule has 0 amide bonds. The summed E-state index contributed by atoms with van der Waals surface area (Å²) in [6, 6.07) is 4.52. The first kappa shape index (κ1) is 17.2. The summed E-state index contributed by atoms with van der Waals surface area (Å²) in [4.78, 5) is 11.3. The molecule has 2 N–H and O–H groups in total. The van der Waals surface area contributed by atoms with Crippen molar-refractivity contribution >= 4 is 5.97 Å². The van der Waals surface area contributed by atoms with Gasteiger partial charge in [0.15, 0.2) is 11.5 Å². The molecule has 0 aliphatic heterocycles. The molecule has 0 aliphatic carbocycles. The van der Waals surface area contributed by atoms with Gasteiger partial charge in [-0.2, -0.15) is 8.78 Å². The SMILES string of the molecule is CCOc1cc(C(CN)CC(=O)OC)ccc1OC(F)F. The van der Waals surface area contributed by atoms with E-state index in [9.17, 15) is 13.6 Å². The van der Waals surface area contributed by atoms with Gasteiger partial charge in [0.05, 0.1) is 20.1 Å². The summed E-state index contributed by atoms with van der Waals surface area (Å²) in [5.74, 6) is -0.531. The maximum atomic E-state index is 12.3. The van der Waals surface area contributed by atoms with Gasteiger partial charge in [0.2, 0.25) is 0 Å². The molecule has 0 heterocycles. The van der Waals surface area contributed by atoms with Crippen LogP contribution in [0.1, 0.15) is 24.8 Å². The number of hydrogen-bond acceptors (Lipinski definition) is 5. The van der Waals surface area contributed by atoms with Gasteiger partial charge in [0, 0.05) is 5.92 Å². The molecule has 1 atom stereocenters. The molecule has 0 radical (unpaired) electrons. The first-order valence-electron chi connectivity index (χ1n) is 6.50. The van der Waals surface area contributed by atoms with E-state index in [2.05, 4.69) is 9.47 Å². The highest BCUT2D eigenvalue weighted by Gasteiger charge is 2.18. The molecule has 0 fully saturated rings.